The first-order valence-corrected chi connectivity index (χ1v) is 8.96. The zero-order valence-electron chi connectivity index (χ0n) is 12.7. The summed E-state index contributed by atoms with van der Waals surface area (Å²) < 4.78 is 42.9. The first-order chi connectivity index (χ1) is 10.8. The van der Waals surface area contributed by atoms with Crippen LogP contribution in [-0.2, 0) is 26.2 Å². The molecule has 23 heavy (non-hydrogen) atoms. The van der Waals surface area contributed by atoms with Crippen molar-refractivity contribution >= 4 is 16.0 Å². The Morgan fingerprint density at radius 2 is 2.09 bits per heavy atom. The van der Waals surface area contributed by atoms with E-state index >= 15 is 0 Å². The lowest BCUT2D eigenvalue weighted by atomic mass is 9.98. The topological polar surface area (TPSA) is 87.5 Å². The van der Waals surface area contributed by atoms with Gasteiger partial charge in [0.25, 0.3) is 0 Å². The minimum atomic E-state index is -3.24. The predicted molar refractivity (Wildman–Crippen MR) is 80.1 cm³/mol. The molecule has 0 unspecified atom stereocenters. The van der Waals surface area contributed by atoms with Gasteiger partial charge in [0, 0.05) is 18.7 Å². The molecule has 2 rings (SSSR count). The number of nitrogens with zero attached hydrogens (tertiary/aromatic N) is 2. The summed E-state index contributed by atoms with van der Waals surface area (Å²) in [6.45, 7) is 0.306. The number of rotatable bonds is 4. The van der Waals surface area contributed by atoms with Gasteiger partial charge in [-0.2, -0.15) is 5.26 Å². The van der Waals surface area contributed by atoms with Crippen molar-refractivity contribution in [2.24, 2.45) is 5.92 Å². The smallest absolute Gasteiger partial charge is 0.309 e. The Kier molecular flexibility index (Phi) is 5.34. The number of carbonyl (C=O) groups excluding carboxylic acids is 1. The molecule has 1 fully saturated rings. The molecule has 0 bridgehead atoms. The third-order valence-corrected chi connectivity index (χ3v) is 5.10. The number of nitriles is 1. The van der Waals surface area contributed by atoms with E-state index in [1.165, 1.54) is 16.4 Å². The maximum Gasteiger partial charge on any atom is 0.309 e. The highest BCUT2D eigenvalue weighted by molar-refractivity contribution is 7.88. The average molecular weight is 340 g/mol. The molecule has 0 amide bonds. The van der Waals surface area contributed by atoms with Crippen LogP contribution in [0, 0.1) is 23.1 Å². The maximum atomic E-state index is 13.6. The fourth-order valence-electron chi connectivity index (χ4n) is 2.44. The Balaban J connectivity index is 1.90. The van der Waals surface area contributed by atoms with E-state index in [0.29, 0.717) is 18.4 Å². The fraction of sp³-hybridized carbons (Fsp3) is 0.467. The molecule has 1 aromatic carbocycles. The van der Waals surface area contributed by atoms with Gasteiger partial charge in [-0.25, -0.2) is 17.1 Å². The molecular formula is C15H17FN2O4S. The molecule has 8 heteroatoms. The summed E-state index contributed by atoms with van der Waals surface area (Å²) in [6, 6.07) is 5.74. The number of sulfonamides is 1. The minimum Gasteiger partial charge on any atom is -0.460 e. The van der Waals surface area contributed by atoms with Crippen LogP contribution >= 0.6 is 0 Å². The molecule has 1 saturated heterocycles. The summed E-state index contributed by atoms with van der Waals surface area (Å²) in [5.41, 5.74) is 0.435. The van der Waals surface area contributed by atoms with Crippen LogP contribution in [0.15, 0.2) is 18.2 Å². The molecular weight excluding hydrogens is 323 g/mol. The second-order valence-electron chi connectivity index (χ2n) is 5.46. The normalized spacial score (nSPS) is 16.7. The molecule has 124 valence electrons. The summed E-state index contributed by atoms with van der Waals surface area (Å²) in [4.78, 5) is 12.0. The van der Waals surface area contributed by atoms with Gasteiger partial charge in [0.05, 0.1) is 23.8 Å². The van der Waals surface area contributed by atoms with Crippen molar-refractivity contribution < 1.29 is 22.3 Å². The highest BCUT2D eigenvalue weighted by atomic mass is 32.2. The molecule has 0 spiro atoms. The number of halogens is 1. The number of hydrogen-bond donors (Lipinski definition) is 0. The largest absolute Gasteiger partial charge is 0.460 e. The number of benzene rings is 1. The standard InChI is InChI=1S/C15H17FN2O4S/c1-23(20,21)18-6-4-12(5-7-18)15(19)22-10-13-8-11(9-17)2-3-14(13)16/h2-3,8,12H,4-7,10H2,1H3. The molecule has 0 atom stereocenters. The molecule has 0 aliphatic carbocycles. The van der Waals surface area contributed by atoms with Crippen LogP contribution in [-0.4, -0.2) is 38.0 Å². The first kappa shape index (κ1) is 17.4. The van der Waals surface area contributed by atoms with Gasteiger partial charge in [-0.15, -0.1) is 0 Å². The van der Waals surface area contributed by atoms with Crippen LogP contribution in [0.3, 0.4) is 0 Å². The van der Waals surface area contributed by atoms with Gasteiger partial charge in [-0.05, 0) is 31.0 Å². The van der Waals surface area contributed by atoms with Gasteiger partial charge in [-0.1, -0.05) is 0 Å². The van der Waals surface area contributed by atoms with E-state index in [2.05, 4.69) is 0 Å². The van der Waals surface area contributed by atoms with Gasteiger partial charge in [0.1, 0.15) is 12.4 Å². The van der Waals surface area contributed by atoms with Gasteiger partial charge >= 0.3 is 5.97 Å². The Morgan fingerprint density at radius 3 is 2.65 bits per heavy atom. The van der Waals surface area contributed by atoms with Crippen molar-refractivity contribution in [3.8, 4) is 6.07 Å². The number of ether oxygens (including phenoxy) is 1. The Labute approximate surface area is 134 Å². The van der Waals surface area contributed by atoms with Crippen LogP contribution in [0.2, 0.25) is 0 Å². The van der Waals surface area contributed by atoms with Crippen molar-refractivity contribution in [3.05, 3.63) is 35.1 Å². The summed E-state index contributed by atoms with van der Waals surface area (Å²) in [7, 11) is -3.24. The summed E-state index contributed by atoms with van der Waals surface area (Å²) in [5, 5.41) is 8.79. The lowest BCUT2D eigenvalue weighted by Crippen LogP contribution is -2.40. The van der Waals surface area contributed by atoms with Crippen LogP contribution < -0.4 is 0 Å². The third kappa shape index (κ3) is 4.50. The highest BCUT2D eigenvalue weighted by Gasteiger charge is 2.29. The maximum absolute atomic E-state index is 13.6. The van der Waals surface area contributed by atoms with Crippen molar-refractivity contribution in [1.82, 2.24) is 4.31 Å². The quantitative estimate of drug-likeness (QED) is 0.774. The summed E-state index contributed by atoms with van der Waals surface area (Å²) in [6.07, 6.45) is 1.90. The SMILES string of the molecule is CS(=O)(=O)N1CCC(C(=O)OCc2cc(C#N)ccc2F)CC1. The summed E-state index contributed by atoms with van der Waals surface area (Å²) >= 11 is 0. The second-order valence-corrected chi connectivity index (χ2v) is 7.44. The van der Waals surface area contributed by atoms with Crippen molar-refractivity contribution in [2.45, 2.75) is 19.4 Å². The van der Waals surface area contributed by atoms with E-state index in [1.807, 2.05) is 6.07 Å². The third-order valence-electron chi connectivity index (χ3n) is 3.80. The lowest BCUT2D eigenvalue weighted by Gasteiger charge is -2.28. The van der Waals surface area contributed by atoms with E-state index < -0.39 is 27.7 Å². The Hall–Kier alpha value is -1.98. The molecule has 0 N–H and O–H groups in total. The van der Waals surface area contributed by atoms with Crippen LogP contribution in [0.4, 0.5) is 4.39 Å². The Bertz CT molecular complexity index is 734. The van der Waals surface area contributed by atoms with Crippen molar-refractivity contribution in [1.29, 1.82) is 5.26 Å². The molecule has 1 aromatic rings. The number of carbonyl (C=O) groups is 1. The van der Waals surface area contributed by atoms with E-state index in [9.17, 15) is 17.6 Å². The Morgan fingerprint density at radius 1 is 1.43 bits per heavy atom. The molecule has 1 aliphatic heterocycles. The minimum absolute atomic E-state index is 0.144. The fourth-order valence-corrected chi connectivity index (χ4v) is 3.32. The summed E-state index contributed by atoms with van der Waals surface area (Å²) in [5.74, 6) is -1.40. The molecule has 0 aromatic heterocycles. The zero-order valence-corrected chi connectivity index (χ0v) is 13.5. The van der Waals surface area contributed by atoms with Crippen molar-refractivity contribution in [3.63, 3.8) is 0 Å². The van der Waals surface area contributed by atoms with Crippen LogP contribution in [0.25, 0.3) is 0 Å². The molecule has 1 aliphatic rings. The average Bonchev–Trinajstić information content (AvgIpc) is 2.53. The predicted octanol–water partition coefficient (Wildman–Crippen LogP) is 1.41. The molecule has 1 heterocycles. The van der Waals surface area contributed by atoms with Gasteiger partial charge in [0.2, 0.25) is 10.0 Å². The van der Waals surface area contributed by atoms with E-state index in [-0.39, 0.29) is 25.3 Å². The number of esters is 1. The van der Waals surface area contributed by atoms with Crippen molar-refractivity contribution in [2.75, 3.05) is 19.3 Å². The molecule has 0 radical (unpaired) electrons. The second kappa shape index (κ2) is 7.06. The molecule has 0 saturated carbocycles. The van der Waals surface area contributed by atoms with Crippen LogP contribution in [0.1, 0.15) is 24.0 Å². The first-order valence-electron chi connectivity index (χ1n) is 7.11. The van der Waals surface area contributed by atoms with Gasteiger partial charge < -0.3 is 4.74 Å². The van der Waals surface area contributed by atoms with E-state index in [0.717, 1.165) is 12.3 Å². The number of piperidine rings is 1. The zero-order chi connectivity index (χ0) is 17.0. The molecule has 6 nitrogen and oxygen atoms in total. The van der Waals surface area contributed by atoms with E-state index in [1.54, 1.807) is 0 Å². The van der Waals surface area contributed by atoms with Crippen LogP contribution in [0.5, 0.6) is 0 Å². The number of hydrogen-bond acceptors (Lipinski definition) is 5. The lowest BCUT2D eigenvalue weighted by molar-refractivity contribution is -0.151. The highest BCUT2D eigenvalue weighted by Crippen LogP contribution is 2.21. The van der Waals surface area contributed by atoms with Gasteiger partial charge in [-0.3, -0.25) is 4.79 Å². The van der Waals surface area contributed by atoms with Gasteiger partial charge in [0.15, 0.2) is 0 Å². The monoisotopic (exact) mass is 340 g/mol. The van der Waals surface area contributed by atoms with E-state index in [4.69, 9.17) is 10.00 Å².